The smallest absolute Gasteiger partial charge is 0.138 e. The fourth-order valence-electron chi connectivity index (χ4n) is 3.03. The van der Waals surface area contributed by atoms with Crippen LogP contribution < -0.4 is 10.1 Å². The van der Waals surface area contributed by atoms with E-state index in [2.05, 4.69) is 29.4 Å². The van der Waals surface area contributed by atoms with Gasteiger partial charge in [-0.1, -0.05) is 37.5 Å². The Kier molecular flexibility index (Phi) is 4.71. The number of hydrogen-bond donors (Lipinski definition) is 1. The molecule has 3 heteroatoms. The van der Waals surface area contributed by atoms with Gasteiger partial charge in [-0.05, 0) is 31.9 Å². The Morgan fingerprint density at radius 3 is 2.90 bits per heavy atom. The summed E-state index contributed by atoms with van der Waals surface area (Å²) in [7, 11) is 0. The van der Waals surface area contributed by atoms with E-state index in [0.29, 0.717) is 6.04 Å². The molecule has 1 unspecified atom stereocenters. The summed E-state index contributed by atoms with van der Waals surface area (Å²) in [6.07, 6.45) is 8.72. The molecule has 0 spiro atoms. The Labute approximate surface area is 126 Å². The van der Waals surface area contributed by atoms with Crippen LogP contribution in [0.15, 0.2) is 36.5 Å². The number of para-hydroxylation sites is 1. The molecule has 1 N–H and O–H groups in total. The molecular formula is C18H24N2O. The molecule has 1 aromatic carbocycles. The van der Waals surface area contributed by atoms with Gasteiger partial charge in [-0.3, -0.25) is 4.98 Å². The molecule has 0 amide bonds. The molecular weight excluding hydrogens is 260 g/mol. The van der Waals surface area contributed by atoms with Crippen LogP contribution in [0.4, 0.5) is 0 Å². The zero-order valence-electron chi connectivity index (χ0n) is 12.7. The van der Waals surface area contributed by atoms with Gasteiger partial charge < -0.3 is 10.1 Å². The van der Waals surface area contributed by atoms with Crippen molar-refractivity contribution in [2.45, 2.75) is 51.2 Å². The largest absolute Gasteiger partial charge is 0.488 e. The normalized spacial score (nSPS) is 17.8. The van der Waals surface area contributed by atoms with Crippen LogP contribution in [0, 0.1) is 0 Å². The minimum Gasteiger partial charge on any atom is -0.488 e. The first-order chi connectivity index (χ1) is 10.3. The van der Waals surface area contributed by atoms with Crippen molar-refractivity contribution in [3.63, 3.8) is 0 Å². The molecule has 2 aromatic rings. The average molecular weight is 284 g/mol. The van der Waals surface area contributed by atoms with Gasteiger partial charge >= 0.3 is 0 Å². The Bertz CT molecular complexity index is 578. The quantitative estimate of drug-likeness (QED) is 0.903. The maximum absolute atomic E-state index is 5.99. The van der Waals surface area contributed by atoms with Crippen LogP contribution in [0.5, 0.6) is 5.75 Å². The van der Waals surface area contributed by atoms with Gasteiger partial charge in [-0.15, -0.1) is 0 Å². The average Bonchev–Trinajstić information content (AvgIpc) is 2.54. The summed E-state index contributed by atoms with van der Waals surface area (Å²) < 4.78 is 5.99. The third-order valence-electron chi connectivity index (χ3n) is 4.20. The first-order valence-corrected chi connectivity index (χ1v) is 8.06. The Hall–Kier alpha value is -1.61. The van der Waals surface area contributed by atoms with Crippen molar-refractivity contribution >= 4 is 10.9 Å². The zero-order chi connectivity index (χ0) is 14.5. The fraction of sp³-hybridized carbons (Fsp3) is 0.500. The Morgan fingerprint density at radius 1 is 1.24 bits per heavy atom. The van der Waals surface area contributed by atoms with Crippen molar-refractivity contribution in [2.75, 3.05) is 6.54 Å². The van der Waals surface area contributed by atoms with Crippen molar-refractivity contribution in [3.8, 4) is 5.75 Å². The van der Waals surface area contributed by atoms with Crippen LogP contribution in [0.1, 0.15) is 39.0 Å². The number of nitrogens with one attached hydrogen (secondary N) is 1. The Morgan fingerprint density at radius 2 is 2.05 bits per heavy atom. The van der Waals surface area contributed by atoms with Gasteiger partial charge in [0, 0.05) is 18.0 Å². The van der Waals surface area contributed by atoms with E-state index in [-0.39, 0.29) is 6.10 Å². The van der Waals surface area contributed by atoms with Gasteiger partial charge in [-0.2, -0.15) is 0 Å². The molecule has 1 heterocycles. The minimum atomic E-state index is 0.162. The fourth-order valence-corrected chi connectivity index (χ4v) is 3.03. The highest BCUT2D eigenvalue weighted by molar-refractivity contribution is 5.79. The lowest BCUT2D eigenvalue weighted by Crippen LogP contribution is -2.37. The zero-order valence-corrected chi connectivity index (χ0v) is 12.7. The van der Waals surface area contributed by atoms with Gasteiger partial charge in [0.25, 0.3) is 0 Å². The SMILES string of the molecule is CC(CNC1CCCCC1)Oc1cnc2ccccc2c1. The second-order valence-corrected chi connectivity index (χ2v) is 6.04. The van der Waals surface area contributed by atoms with Gasteiger partial charge in [0.15, 0.2) is 0 Å². The summed E-state index contributed by atoms with van der Waals surface area (Å²) in [4.78, 5) is 4.44. The minimum absolute atomic E-state index is 0.162. The standard InChI is InChI=1S/C18H24N2O/c1-14(12-19-16-8-3-2-4-9-16)21-17-11-15-7-5-6-10-18(15)20-13-17/h5-7,10-11,13-14,16,19H,2-4,8-9,12H2,1H3. The second kappa shape index (κ2) is 6.90. The van der Waals surface area contributed by atoms with E-state index < -0.39 is 0 Å². The van der Waals surface area contributed by atoms with E-state index in [1.165, 1.54) is 32.1 Å². The Balaban J connectivity index is 1.54. The number of benzene rings is 1. The number of fused-ring (bicyclic) bond motifs is 1. The molecule has 1 saturated carbocycles. The van der Waals surface area contributed by atoms with Crippen molar-refractivity contribution in [3.05, 3.63) is 36.5 Å². The molecule has 1 fully saturated rings. The summed E-state index contributed by atoms with van der Waals surface area (Å²) in [6, 6.07) is 10.9. The van der Waals surface area contributed by atoms with Crippen molar-refractivity contribution < 1.29 is 4.74 Å². The predicted octanol–water partition coefficient (Wildman–Crippen LogP) is 3.92. The lowest BCUT2D eigenvalue weighted by Gasteiger charge is -2.25. The number of nitrogens with zero attached hydrogens (tertiary/aromatic N) is 1. The van der Waals surface area contributed by atoms with Gasteiger partial charge in [-0.25, -0.2) is 0 Å². The van der Waals surface area contributed by atoms with Crippen molar-refractivity contribution in [2.24, 2.45) is 0 Å². The molecule has 0 aliphatic heterocycles. The van der Waals surface area contributed by atoms with Crippen LogP contribution in [0.25, 0.3) is 10.9 Å². The maximum Gasteiger partial charge on any atom is 0.138 e. The summed E-state index contributed by atoms with van der Waals surface area (Å²) in [5.41, 5.74) is 1.01. The lowest BCUT2D eigenvalue weighted by molar-refractivity contribution is 0.205. The molecule has 0 saturated heterocycles. The lowest BCUT2D eigenvalue weighted by atomic mass is 9.95. The molecule has 1 aliphatic rings. The molecule has 21 heavy (non-hydrogen) atoms. The van der Waals surface area contributed by atoms with Crippen molar-refractivity contribution in [1.29, 1.82) is 0 Å². The van der Waals surface area contributed by atoms with E-state index in [0.717, 1.165) is 23.2 Å². The molecule has 3 nitrogen and oxygen atoms in total. The molecule has 0 radical (unpaired) electrons. The second-order valence-electron chi connectivity index (χ2n) is 6.04. The molecule has 3 rings (SSSR count). The van der Waals surface area contributed by atoms with Crippen molar-refractivity contribution in [1.82, 2.24) is 10.3 Å². The number of ether oxygens (including phenoxy) is 1. The summed E-state index contributed by atoms with van der Waals surface area (Å²) in [5.74, 6) is 0.853. The van der Waals surface area contributed by atoms with Crippen LogP contribution in [-0.2, 0) is 0 Å². The van der Waals surface area contributed by atoms with Crippen LogP contribution in [0.2, 0.25) is 0 Å². The number of hydrogen-bond acceptors (Lipinski definition) is 3. The maximum atomic E-state index is 5.99. The highest BCUT2D eigenvalue weighted by atomic mass is 16.5. The van der Waals surface area contributed by atoms with E-state index in [1.807, 2.05) is 24.4 Å². The van der Waals surface area contributed by atoms with Gasteiger partial charge in [0.05, 0.1) is 11.7 Å². The summed E-state index contributed by atoms with van der Waals surface area (Å²) in [5, 5.41) is 4.76. The topological polar surface area (TPSA) is 34.1 Å². The summed E-state index contributed by atoms with van der Waals surface area (Å²) in [6.45, 7) is 3.02. The highest BCUT2D eigenvalue weighted by Crippen LogP contribution is 2.20. The number of rotatable bonds is 5. The molecule has 112 valence electrons. The van der Waals surface area contributed by atoms with Crippen LogP contribution in [-0.4, -0.2) is 23.7 Å². The number of aromatic nitrogens is 1. The van der Waals surface area contributed by atoms with E-state index in [9.17, 15) is 0 Å². The van der Waals surface area contributed by atoms with Gasteiger partial charge in [0.1, 0.15) is 11.9 Å². The number of pyridine rings is 1. The van der Waals surface area contributed by atoms with E-state index in [4.69, 9.17) is 4.74 Å². The van der Waals surface area contributed by atoms with E-state index in [1.54, 1.807) is 0 Å². The molecule has 0 bridgehead atoms. The molecule has 1 atom stereocenters. The monoisotopic (exact) mass is 284 g/mol. The van der Waals surface area contributed by atoms with Crippen LogP contribution >= 0.6 is 0 Å². The molecule has 1 aromatic heterocycles. The van der Waals surface area contributed by atoms with Crippen LogP contribution in [0.3, 0.4) is 0 Å². The first kappa shape index (κ1) is 14.3. The first-order valence-electron chi connectivity index (χ1n) is 8.06. The third-order valence-corrected chi connectivity index (χ3v) is 4.20. The summed E-state index contributed by atoms with van der Waals surface area (Å²) >= 11 is 0. The van der Waals surface area contributed by atoms with E-state index >= 15 is 0 Å². The highest BCUT2D eigenvalue weighted by Gasteiger charge is 2.14. The van der Waals surface area contributed by atoms with Gasteiger partial charge in [0.2, 0.25) is 0 Å². The predicted molar refractivity (Wildman–Crippen MR) is 86.7 cm³/mol. The molecule has 1 aliphatic carbocycles. The third kappa shape index (κ3) is 3.94.